The minimum Gasteiger partial charge on any atom is -0.275 e. The first-order valence-electron chi connectivity index (χ1n) is 4.22. The van der Waals surface area contributed by atoms with E-state index in [1.807, 2.05) is 0 Å². The van der Waals surface area contributed by atoms with Crippen LogP contribution in [0.3, 0.4) is 0 Å². The zero-order valence-electron chi connectivity index (χ0n) is 7.62. The van der Waals surface area contributed by atoms with E-state index in [9.17, 15) is 4.79 Å². The summed E-state index contributed by atoms with van der Waals surface area (Å²) in [4.78, 5) is 19.7. The average molecular weight is 213 g/mol. The molecule has 0 fully saturated rings. The van der Waals surface area contributed by atoms with Crippen LogP contribution in [-0.4, -0.2) is 25.5 Å². The van der Waals surface area contributed by atoms with Crippen molar-refractivity contribution in [2.45, 2.75) is 13.3 Å². The highest BCUT2D eigenvalue weighted by atomic mass is 35.5. The summed E-state index contributed by atoms with van der Waals surface area (Å²) in [6.45, 7) is 1.76. The SMILES string of the molecule is Cc1cc(=O)n2[nH]c(CCCl)nc2n1. The van der Waals surface area contributed by atoms with E-state index < -0.39 is 0 Å². The van der Waals surface area contributed by atoms with E-state index in [0.29, 0.717) is 29.6 Å². The number of aromatic amines is 1. The van der Waals surface area contributed by atoms with Gasteiger partial charge in [-0.15, -0.1) is 11.6 Å². The fourth-order valence-corrected chi connectivity index (χ4v) is 1.42. The second kappa shape index (κ2) is 3.42. The largest absolute Gasteiger partial charge is 0.275 e. The molecule has 0 aliphatic heterocycles. The Kier molecular flexibility index (Phi) is 2.25. The molecule has 1 N–H and O–H groups in total. The van der Waals surface area contributed by atoms with Gasteiger partial charge in [-0.1, -0.05) is 0 Å². The van der Waals surface area contributed by atoms with Gasteiger partial charge in [0.05, 0.1) is 0 Å². The molecular formula is C8H9ClN4O. The molecule has 0 saturated heterocycles. The number of fused-ring (bicyclic) bond motifs is 1. The fraction of sp³-hybridized carbons (Fsp3) is 0.375. The number of hydrogen-bond donors (Lipinski definition) is 1. The van der Waals surface area contributed by atoms with Gasteiger partial charge in [-0.25, -0.2) is 4.98 Å². The van der Waals surface area contributed by atoms with Crippen molar-refractivity contribution in [1.29, 1.82) is 0 Å². The Labute approximate surface area is 84.7 Å². The smallest absolute Gasteiger partial charge is 0.274 e. The highest BCUT2D eigenvalue weighted by Gasteiger charge is 2.05. The Morgan fingerprint density at radius 3 is 3.07 bits per heavy atom. The normalized spacial score (nSPS) is 11.0. The molecule has 0 aliphatic carbocycles. The van der Waals surface area contributed by atoms with Gasteiger partial charge in [-0.05, 0) is 6.92 Å². The van der Waals surface area contributed by atoms with Crippen molar-refractivity contribution < 1.29 is 0 Å². The summed E-state index contributed by atoms with van der Waals surface area (Å²) in [5.41, 5.74) is 0.514. The van der Waals surface area contributed by atoms with E-state index in [1.54, 1.807) is 6.92 Å². The maximum absolute atomic E-state index is 11.4. The topological polar surface area (TPSA) is 63.0 Å². The summed E-state index contributed by atoms with van der Waals surface area (Å²) in [6.07, 6.45) is 0.601. The van der Waals surface area contributed by atoms with Crippen LogP contribution in [-0.2, 0) is 6.42 Å². The third-order valence-electron chi connectivity index (χ3n) is 1.84. The first-order valence-corrected chi connectivity index (χ1v) is 4.75. The van der Waals surface area contributed by atoms with Crippen LogP contribution in [0.25, 0.3) is 5.78 Å². The van der Waals surface area contributed by atoms with Crippen LogP contribution in [0.1, 0.15) is 11.5 Å². The van der Waals surface area contributed by atoms with Gasteiger partial charge >= 0.3 is 0 Å². The molecular weight excluding hydrogens is 204 g/mol. The van der Waals surface area contributed by atoms with Gasteiger partial charge in [0.25, 0.3) is 11.3 Å². The average Bonchev–Trinajstić information content (AvgIpc) is 2.48. The number of hydrogen-bond acceptors (Lipinski definition) is 3. The van der Waals surface area contributed by atoms with Gasteiger partial charge in [-0.3, -0.25) is 9.89 Å². The fourth-order valence-electron chi connectivity index (χ4n) is 1.24. The van der Waals surface area contributed by atoms with Gasteiger partial charge in [-0.2, -0.15) is 9.50 Å². The van der Waals surface area contributed by atoms with E-state index in [0.717, 1.165) is 0 Å². The van der Waals surface area contributed by atoms with Crippen molar-refractivity contribution in [1.82, 2.24) is 19.6 Å². The number of rotatable bonds is 2. The molecule has 0 unspecified atom stereocenters. The molecule has 0 spiro atoms. The molecule has 74 valence electrons. The van der Waals surface area contributed by atoms with Crippen molar-refractivity contribution in [3.05, 3.63) is 27.9 Å². The van der Waals surface area contributed by atoms with Crippen molar-refractivity contribution in [3.8, 4) is 0 Å². The van der Waals surface area contributed by atoms with Gasteiger partial charge in [0.15, 0.2) is 0 Å². The lowest BCUT2D eigenvalue weighted by Gasteiger charge is -1.90. The Morgan fingerprint density at radius 1 is 1.57 bits per heavy atom. The third kappa shape index (κ3) is 1.50. The van der Waals surface area contributed by atoms with Crippen molar-refractivity contribution >= 4 is 17.4 Å². The van der Waals surface area contributed by atoms with Crippen LogP contribution < -0.4 is 5.56 Å². The number of aromatic nitrogens is 4. The Morgan fingerprint density at radius 2 is 2.36 bits per heavy atom. The summed E-state index contributed by atoms with van der Waals surface area (Å²) >= 11 is 5.57. The van der Waals surface area contributed by atoms with Crippen molar-refractivity contribution in [2.75, 3.05) is 5.88 Å². The van der Waals surface area contributed by atoms with E-state index in [2.05, 4.69) is 15.1 Å². The molecule has 0 aliphatic rings. The highest BCUT2D eigenvalue weighted by molar-refractivity contribution is 6.17. The minimum atomic E-state index is -0.152. The molecule has 2 heterocycles. The summed E-state index contributed by atoms with van der Waals surface area (Å²) in [5.74, 6) is 1.54. The quantitative estimate of drug-likeness (QED) is 0.738. The third-order valence-corrected chi connectivity index (χ3v) is 2.03. The molecule has 0 bridgehead atoms. The number of halogens is 1. The summed E-state index contributed by atoms with van der Waals surface area (Å²) < 4.78 is 1.31. The van der Waals surface area contributed by atoms with E-state index in [4.69, 9.17) is 11.6 Å². The molecule has 2 aromatic rings. The molecule has 14 heavy (non-hydrogen) atoms. The number of aryl methyl sites for hydroxylation is 2. The molecule has 2 aromatic heterocycles. The van der Waals surface area contributed by atoms with Gasteiger partial charge < -0.3 is 0 Å². The lowest BCUT2D eigenvalue weighted by Crippen LogP contribution is -2.14. The van der Waals surface area contributed by atoms with E-state index in [-0.39, 0.29) is 5.56 Å². The number of nitrogens with one attached hydrogen (secondary N) is 1. The van der Waals surface area contributed by atoms with E-state index in [1.165, 1.54) is 10.6 Å². The Hall–Kier alpha value is -1.36. The number of nitrogens with zero attached hydrogens (tertiary/aromatic N) is 3. The maximum Gasteiger partial charge on any atom is 0.274 e. The summed E-state index contributed by atoms with van der Waals surface area (Å²) in [5, 5.41) is 2.84. The monoisotopic (exact) mass is 212 g/mol. The van der Waals surface area contributed by atoms with Gasteiger partial charge in [0, 0.05) is 24.1 Å². The lowest BCUT2D eigenvalue weighted by molar-refractivity contribution is 0.851. The highest BCUT2D eigenvalue weighted by Crippen LogP contribution is 1.98. The van der Waals surface area contributed by atoms with Crippen LogP contribution in [0.5, 0.6) is 0 Å². The summed E-state index contributed by atoms with van der Waals surface area (Å²) in [7, 11) is 0. The molecule has 0 radical (unpaired) electrons. The number of alkyl halides is 1. The second-order valence-corrected chi connectivity index (χ2v) is 3.36. The molecule has 2 rings (SSSR count). The number of H-pyrrole nitrogens is 1. The van der Waals surface area contributed by atoms with Crippen molar-refractivity contribution in [2.24, 2.45) is 0 Å². The maximum atomic E-state index is 11.4. The molecule has 0 aromatic carbocycles. The molecule has 0 saturated carbocycles. The predicted octanol–water partition coefficient (Wildman–Crippen LogP) is 0.507. The Bertz CT molecular complexity index is 516. The molecule has 0 atom stereocenters. The van der Waals surface area contributed by atoms with Gasteiger partial charge in [0.1, 0.15) is 5.82 Å². The van der Waals surface area contributed by atoms with Crippen LogP contribution >= 0.6 is 11.6 Å². The molecule has 5 nitrogen and oxygen atoms in total. The van der Waals surface area contributed by atoms with Crippen LogP contribution in [0, 0.1) is 6.92 Å². The minimum absolute atomic E-state index is 0.152. The molecule has 6 heteroatoms. The first-order chi connectivity index (χ1) is 6.70. The summed E-state index contributed by atoms with van der Waals surface area (Å²) in [6, 6.07) is 1.45. The molecule has 0 amide bonds. The van der Waals surface area contributed by atoms with Crippen LogP contribution in [0.15, 0.2) is 10.9 Å². The second-order valence-electron chi connectivity index (χ2n) is 2.98. The van der Waals surface area contributed by atoms with Crippen molar-refractivity contribution in [3.63, 3.8) is 0 Å². The zero-order chi connectivity index (χ0) is 10.1. The zero-order valence-corrected chi connectivity index (χ0v) is 8.38. The van der Waals surface area contributed by atoms with Gasteiger partial charge in [0.2, 0.25) is 0 Å². The van der Waals surface area contributed by atoms with Crippen LogP contribution in [0.2, 0.25) is 0 Å². The lowest BCUT2D eigenvalue weighted by atomic mass is 10.4. The first kappa shape index (κ1) is 9.21. The predicted molar refractivity (Wildman–Crippen MR) is 52.8 cm³/mol. The van der Waals surface area contributed by atoms with Crippen LogP contribution in [0.4, 0.5) is 0 Å². The van der Waals surface area contributed by atoms with E-state index >= 15 is 0 Å². The Balaban J connectivity index is 2.65. The standard InChI is InChI=1S/C8H9ClN4O/c1-5-4-7(14)13-8(10-5)11-6(12-13)2-3-9/h4H,2-3H2,1H3,(H,10,11,12).